The van der Waals surface area contributed by atoms with Gasteiger partial charge in [0.25, 0.3) is 5.56 Å². The maximum absolute atomic E-state index is 12.5. The van der Waals surface area contributed by atoms with Crippen LogP contribution in [0.2, 0.25) is 0 Å². The first-order chi connectivity index (χ1) is 13.0. The van der Waals surface area contributed by atoms with Crippen molar-refractivity contribution in [2.24, 2.45) is 0 Å². The minimum absolute atomic E-state index is 0.0547. The number of H-pyrrole nitrogens is 1. The van der Waals surface area contributed by atoms with Crippen LogP contribution in [0.4, 0.5) is 0 Å². The molecule has 27 heavy (non-hydrogen) atoms. The zero-order valence-corrected chi connectivity index (χ0v) is 15.4. The van der Waals surface area contributed by atoms with Gasteiger partial charge in [-0.2, -0.15) is 0 Å². The molecule has 6 nitrogen and oxygen atoms in total. The average Bonchev–Trinajstić information content (AvgIpc) is 2.67. The highest BCUT2D eigenvalue weighted by Gasteiger charge is 2.14. The van der Waals surface area contributed by atoms with Crippen molar-refractivity contribution in [2.75, 3.05) is 6.61 Å². The van der Waals surface area contributed by atoms with Crippen molar-refractivity contribution in [3.8, 4) is 17.1 Å². The number of ether oxygens (including phenoxy) is 1. The van der Waals surface area contributed by atoms with Gasteiger partial charge in [-0.1, -0.05) is 19.4 Å². The third-order valence-electron chi connectivity index (χ3n) is 4.37. The van der Waals surface area contributed by atoms with E-state index in [0.717, 1.165) is 30.4 Å². The topological polar surface area (TPSA) is 92.3 Å². The summed E-state index contributed by atoms with van der Waals surface area (Å²) in [7, 11) is 0. The Morgan fingerprint density at radius 3 is 2.70 bits per heavy atom. The normalized spacial score (nSPS) is 10.9. The van der Waals surface area contributed by atoms with Gasteiger partial charge in [-0.15, -0.1) is 0 Å². The lowest BCUT2D eigenvalue weighted by atomic mass is 10.0. The number of benzene rings is 2. The van der Waals surface area contributed by atoms with Crippen molar-refractivity contribution in [2.45, 2.75) is 33.1 Å². The quantitative estimate of drug-likeness (QED) is 0.659. The van der Waals surface area contributed by atoms with E-state index in [4.69, 9.17) is 9.84 Å². The van der Waals surface area contributed by atoms with Gasteiger partial charge in [0, 0.05) is 0 Å². The van der Waals surface area contributed by atoms with Crippen molar-refractivity contribution < 1.29 is 14.6 Å². The standard InChI is InChI=1S/C21H22N2O4/c1-3-5-6-13-7-10-18(27-4-2)16(11-13)19-22-17-9-8-14(21(25)26)12-15(17)20(24)23-19/h7-12H,3-6H2,1-2H3,(H,25,26)(H,22,23,24). The van der Waals surface area contributed by atoms with Gasteiger partial charge in [-0.25, -0.2) is 9.78 Å². The molecule has 1 aromatic heterocycles. The molecule has 0 aliphatic rings. The second-order valence-electron chi connectivity index (χ2n) is 6.32. The maximum atomic E-state index is 12.5. The number of aromatic carboxylic acids is 1. The third-order valence-corrected chi connectivity index (χ3v) is 4.37. The first-order valence-electron chi connectivity index (χ1n) is 9.07. The van der Waals surface area contributed by atoms with Crippen LogP contribution < -0.4 is 10.3 Å². The molecule has 3 rings (SSSR count). The van der Waals surface area contributed by atoms with E-state index in [-0.39, 0.29) is 16.5 Å². The van der Waals surface area contributed by atoms with Gasteiger partial charge in [0.05, 0.1) is 28.6 Å². The molecule has 0 saturated heterocycles. The Bertz CT molecular complexity index is 1040. The summed E-state index contributed by atoms with van der Waals surface area (Å²) in [6.07, 6.45) is 3.11. The first kappa shape index (κ1) is 18.6. The Hall–Kier alpha value is -3.15. The molecule has 0 amide bonds. The molecule has 6 heteroatoms. The number of carboxylic acid groups (broad SMARTS) is 1. The highest BCUT2D eigenvalue weighted by Crippen LogP contribution is 2.29. The maximum Gasteiger partial charge on any atom is 0.335 e. The number of hydrogen-bond donors (Lipinski definition) is 2. The summed E-state index contributed by atoms with van der Waals surface area (Å²) in [5.74, 6) is -0.0117. The first-order valence-corrected chi connectivity index (χ1v) is 9.07. The minimum atomic E-state index is -1.08. The zero-order chi connectivity index (χ0) is 19.4. The molecular formula is C21H22N2O4. The Kier molecular flexibility index (Phi) is 5.54. The molecule has 0 unspecified atom stereocenters. The molecule has 1 heterocycles. The van der Waals surface area contributed by atoms with Gasteiger partial charge in [0.1, 0.15) is 11.6 Å². The molecule has 0 radical (unpaired) electrons. The lowest BCUT2D eigenvalue weighted by molar-refractivity contribution is 0.0697. The van der Waals surface area contributed by atoms with Gasteiger partial charge < -0.3 is 14.8 Å². The molecule has 2 N–H and O–H groups in total. The summed E-state index contributed by atoms with van der Waals surface area (Å²) < 4.78 is 5.71. The molecule has 0 aliphatic heterocycles. The van der Waals surface area contributed by atoms with E-state index in [2.05, 4.69) is 16.9 Å². The highest BCUT2D eigenvalue weighted by atomic mass is 16.5. The van der Waals surface area contributed by atoms with Gasteiger partial charge in [0.2, 0.25) is 0 Å². The van der Waals surface area contributed by atoms with Crippen LogP contribution in [-0.2, 0) is 6.42 Å². The van der Waals surface area contributed by atoms with E-state index < -0.39 is 5.97 Å². The van der Waals surface area contributed by atoms with Crippen molar-refractivity contribution >= 4 is 16.9 Å². The smallest absolute Gasteiger partial charge is 0.335 e. The van der Waals surface area contributed by atoms with Crippen LogP contribution in [0.1, 0.15) is 42.6 Å². The number of aryl methyl sites for hydroxylation is 1. The fraction of sp³-hybridized carbons (Fsp3) is 0.286. The number of fused-ring (bicyclic) bond motifs is 1. The highest BCUT2D eigenvalue weighted by molar-refractivity contribution is 5.93. The van der Waals surface area contributed by atoms with Crippen molar-refractivity contribution in [3.63, 3.8) is 0 Å². The predicted molar refractivity (Wildman–Crippen MR) is 105 cm³/mol. The van der Waals surface area contributed by atoms with Crippen LogP contribution in [0.5, 0.6) is 5.75 Å². The molecule has 0 fully saturated rings. The van der Waals surface area contributed by atoms with Gasteiger partial charge in [-0.3, -0.25) is 4.79 Å². The van der Waals surface area contributed by atoms with Crippen LogP contribution in [0.15, 0.2) is 41.2 Å². The summed E-state index contributed by atoms with van der Waals surface area (Å²) in [4.78, 5) is 31.0. The molecule has 0 aliphatic carbocycles. The second-order valence-corrected chi connectivity index (χ2v) is 6.32. The fourth-order valence-electron chi connectivity index (χ4n) is 2.98. The number of nitrogens with one attached hydrogen (secondary N) is 1. The largest absolute Gasteiger partial charge is 0.493 e. The number of carbonyl (C=O) groups is 1. The summed E-state index contributed by atoms with van der Waals surface area (Å²) in [5, 5.41) is 9.36. The van der Waals surface area contributed by atoms with Crippen molar-refractivity contribution in [1.82, 2.24) is 9.97 Å². The summed E-state index contributed by atoms with van der Waals surface area (Å²) in [6.45, 7) is 4.54. The van der Waals surface area contributed by atoms with Gasteiger partial charge in [-0.05, 0) is 55.7 Å². The van der Waals surface area contributed by atoms with Crippen molar-refractivity contribution in [3.05, 3.63) is 57.9 Å². The Labute approximate surface area is 156 Å². The summed E-state index contributed by atoms with van der Waals surface area (Å²) in [6, 6.07) is 10.3. The van der Waals surface area contributed by atoms with Gasteiger partial charge in [0.15, 0.2) is 0 Å². The molecule has 0 saturated carbocycles. The fourth-order valence-corrected chi connectivity index (χ4v) is 2.98. The van der Waals surface area contributed by atoms with E-state index in [0.29, 0.717) is 23.7 Å². The number of hydrogen-bond acceptors (Lipinski definition) is 4. The van der Waals surface area contributed by atoms with Crippen molar-refractivity contribution in [1.29, 1.82) is 0 Å². The van der Waals surface area contributed by atoms with Crippen LogP contribution in [0.3, 0.4) is 0 Å². The summed E-state index contributed by atoms with van der Waals surface area (Å²) in [5.41, 5.74) is 2.00. The van der Waals surface area contributed by atoms with Crippen LogP contribution >= 0.6 is 0 Å². The van der Waals surface area contributed by atoms with E-state index in [1.165, 1.54) is 12.1 Å². The Balaban J connectivity index is 2.14. The molecule has 0 bridgehead atoms. The number of carboxylic acids is 1. The number of nitrogens with zero attached hydrogens (tertiary/aromatic N) is 1. The van der Waals surface area contributed by atoms with Crippen LogP contribution in [0.25, 0.3) is 22.3 Å². The van der Waals surface area contributed by atoms with E-state index in [9.17, 15) is 9.59 Å². The molecular weight excluding hydrogens is 344 g/mol. The SMILES string of the molecule is CCCCc1ccc(OCC)c(-c2nc3ccc(C(=O)O)cc3c(=O)[nH]2)c1. The van der Waals surface area contributed by atoms with Crippen LogP contribution in [0, 0.1) is 0 Å². The number of aromatic nitrogens is 2. The van der Waals surface area contributed by atoms with E-state index in [1.54, 1.807) is 6.07 Å². The Morgan fingerprint density at radius 1 is 1.19 bits per heavy atom. The van der Waals surface area contributed by atoms with Crippen LogP contribution in [-0.4, -0.2) is 27.7 Å². The summed E-state index contributed by atoms with van der Waals surface area (Å²) >= 11 is 0. The molecule has 3 aromatic rings. The molecule has 0 spiro atoms. The molecule has 140 valence electrons. The Morgan fingerprint density at radius 2 is 2.00 bits per heavy atom. The van der Waals surface area contributed by atoms with E-state index in [1.807, 2.05) is 25.1 Å². The molecule has 2 aromatic carbocycles. The average molecular weight is 366 g/mol. The number of aromatic amines is 1. The third kappa shape index (κ3) is 4.00. The van der Waals surface area contributed by atoms with E-state index >= 15 is 0 Å². The molecule has 0 atom stereocenters. The zero-order valence-electron chi connectivity index (χ0n) is 15.4. The predicted octanol–water partition coefficient (Wildman–Crippen LogP) is 4.03. The lowest BCUT2D eigenvalue weighted by Crippen LogP contribution is -2.11. The number of rotatable bonds is 7. The second kappa shape index (κ2) is 8.03. The lowest BCUT2D eigenvalue weighted by Gasteiger charge is -2.12. The number of unbranched alkanes of at least 4 members (excludes halogenated alkanes) is 1. The monoisotopic (exact) mass is 366 g/mol. The van der Waals surface area contributed by atoms with Gasteiger partial charge >= 0.3 is 5.97 Å². The minimum Gasteiger partial charge on any atom is -0.493 e.